The van der Waals surface area contributed by atoms with E-state index >= 15 is 0 Å². The molecule has 2 N–H and O–H groups in total. The Hall–Kier alpha value is -2.12. The normalized spacial score (nSPS) is 17.9. The first-order chi connectivity index (χ1) is 12.9. The van der Waals surface area contributed by atoms with Crippen molar-refractivity contribution in [2.24, 2.45) is 5.14 Å². The van der Waals surface area contributed by atoms with Gasteiger partial charge in [0.05, 0.1) is 0 Å². The van der Waals surface area contributed by atoms with Crippen LogP contribution < -0.4 is 5.14 Å². The van der Waals surface area contributed by atoms with Crippen LogP contribution in [0.3, 0.4) is 0 Å². The van der Waals surface area contributed by atoms with E-state index in [0.29, 0.717) is 18.8 Å². The number of amides is 1. The lowest BCUT2D eigenvalue weighted by atomic mass is 9.98. The number of carbonyl (C=O) groups is 1. The van der Waals surface area contributed by atoms with Gasteiger partial charge in [-0.05, 0) is 37.3 Å². The molecule has 3 rings (SSSR count). The van der Waals surface area contributed by atoms with Crippen molar-refractivity contribution in [3.63, 3.8) is 0 Å². The molecule has 2 heterocycles. The number of rotatable bonds is 6. The Morgan fingerprint density at radius 2 is 1.96 bits per heavy atom. The van der Waals surface area contributed by atoms with Gasteiger partial charge in [-0.1, -0.05) is 43.7 Å². The van der Waals surface area contributed by atoms with Crippen molar-refractivity contribution in [1.29, 1.82) is 0 Å². The summed E-state index contributed by atoms with van der Waals surface area (Å²) in [4.78, 5) is 15.2. The number of benzene rings is 1. The van der Waals surface area contributed by atoms with E-state index in [9.17, 15) is 13.2 Å². The van der Waals surface area contributed by atoms with Gasteiger partial charge < -0.3 is 9.47 Å². The summed E-state index contributed by atoms with van der Waals surface area (Å²) in [5, 5.41) is 5.32. The molecule has 1 atom stereocenters. The molecule has 0 bridgehead atoms. The largest absolute Gasteiger partial charge is 0.338 e. The molecule has 7 heteroatoms. The summed E-state index contributed by atoms with van der Waals surface area (Å²) in [5.74, 6) is -0.112. The van der Waals surface area contributed by atoms with Gasteiger partial charge >= 0.3 is 0 Å². The summed E-state index contributed by atoms with van der Waals surface area (Å²) in [5.41, 5.74) is 1.37. The number of hydrogen-bond acceptors (Lipinski definition) is 3. The molecule has 0 aliphatic carbocycles. The van der Waals surface area contributed by atoms with Crippen LogP contribution in [0.5, 0.6) is 0 Å². The van der Waals surface area contributed by atoms with Gasteiger partial charge in [-0.2, -0.15) is 0 Å². The van der Waals surface area contributed by atoms with Crippen LogP contribution in [0.15, 0.2) is 47.5 Å². The van der Waals surface area contributed by atoms with Crippen LogP contribution >= 0.6 is 0 Å². The van der Waals surface area contributed by atoms with Crippen molar-refractivity contribution in [3.8, 4) is 0 Å². The third-order valence-corrected chi connectivity index (χ3v) is 6.01. The molecule has 1 aromatic heterocycles. The minimum absolute atomic E-state index is 0.0224. The zero-order valence-electron chi connectivity index (χ0n) is 15.7. The van der Waals surface area contributed by atoms with Gasteiger partial charge in [0.2, 0.25) is 10.0 Å². The fraction of sp³-hybridized carbons (Fsp3) is 0.450. The number of nitrogens with two attached hydrogens (primary N) is 1. The third kappa shape index (κ3) is 4.59. The summed E-state index contributed by atoms with van der Waals surface area (Å²) >= 11 is 0. The first-order valence-corrected chi connectivity index (χ1v) is 11.0. The van der Waals surface area contributed by atoms with E-state index in [1.165, 1.54) is 12.3 Å². The Morgan fingerprint density at radius 1 is 1.22 bits per heavy atom. The third-order valence-electron chi connectivity index (χ3n) is 5.12. The number of sulfonamides is 1. The molecule has 1 amide bonds. The maximum Gasteiger partial charge on any atom is 0.270 e. The summed E-state index contributed by atoms with van der Waals surface area (Å²) in [7, 11) is -3.88. The Labute approximate surface area is 161 Å². The SMILES string of the molecule is CCCC1CCCCN1C(=O)c1cc(S(N)(=O)=O)cn1Cc1ccccc1. The lowest BCUT2D eigenvalue weighted by Gasteiger charge is -2.36. The maximum atomic E-state index is 13.3. The van der Waals surface area contributed by atoms with Crippen molar-refractivity contribution < 1.29 is 13.2 Å². The van der Waals surface area contributed by atoms with Gasteiger partial charge in [0.15, 0.2) is 0 Å². The maximum absolute atomic E-state index is 13.3. The summed E-state index contributed by atoms with van der Waals surface area (Å²) < 4.78 is 25.4. The molecular weight excluding hydrogens is 362 g/mol. The van der Waals surface area contributed by atoms with Gasteiger partial charge in [0, 0.05) is 25.3 Å². The Bertz CT molecular complexity index is 888. The van der Waals surface area contributed by atoms with Gasteiger partial charge in [0.1, 0.15) is 10.6 Å². The monoisotopic (exact) mass is 389 g/mol. The van der Waals surface area contributed by atoms with E-state index in [1.807, 2.05) is 35.2 Å². The summed E-state index contributed by atoms with van der Waals surface area (Å²) in [6, 6.07) is 11.3. The molecular formula is C20H27N3O3S. The molecule has 0 saturated carbocycles. The number of nitrogens with zero attached hydrogens (tertiary/aromatic N) is 2. The standard InChI is InChI=1S/C20H27N3O3S/c1-2-8-17-11-6-7-12-23(17)20(24)19-13-18(27(21,25)26)15-22(19)14-16-9-4-3-5-10-16/h3-5,9-10,13,15,17H,2,6-8,11-12,14H2,1H3,(H2,21,25,26). The highest BCUT2D eigenvalue weighted by Gasteiger charge is 2.29. The molecule has 1 aromatic carbocycles. The van der Waals surface area contributed by atoms with E-state index in [-0.39, 0.29) is 16.8 Å². The highest BCUT2D eigenvalue weighted by Crippen LogP contribution is 2.25. The van der Waals surface area contributed by atoms with E-state index in [1.54, 1.807) is 4.57 Å². The Balaban J connectivity index is 1.96. The molecule has 0 spiro atoms. The van der Waals surface area contributed by atoms with Crippen LogP contribution in [0.1, 0.15) is 55.1 Å². The fourth-order valence-electron chi connectivity index (χ4n) is 3.78. The molecule has 1 saturated heterocycles. The predicted molar refractivity (Wildman–Crippen MR) is 105 cm³/mol. The quantitative estimate of drug-likeness (QED) is 0.824. The van der Waals surface area contributed by atoms with E-state index in [0.717, 1.165) is 37.7 Å². The minimum atomic E-state index is -3.88. The second-order valence-corrected chi connectivity index (χ2v) is 8.72. The van der Waals surface area contributed by atoms with Crippen LogP contribution in [-0.2, 0) is 16.6 Å². The van der Waals surface area contributed by atoms with Crippen molar-refractivity contribution in [2.75, 3.05) is 6.54 Å². The second kappa shape index (κ2) is 8.27. The fourth-order valence-corrected chi connectivity index (χ4v) is 4.33. The Morgan fingerprint density at radius 3 is 2.63 bits per heavy atom. The number of aromatic nitrogens is 1. The lowest BCUT2D eigenvalue weighted by molar-refractivity contribution is 0.0590. The van der Waals surface area contributed by atoms with Gasteiger partial charge in [-0.3, -0.25) is 4.79 Å². The van der Waals surface area contributed by atoms with E-state index < -0.39 is 10.0 Å². The molecule has 6 nitrogen and oxygen atoms in total. The number of likely N-dealkylation sites (tertiary alicyclic amines) is 1. The average molecular weight is 390 g/mol. The number of carbonyl (C=O) groups excluding carboxylic acids is 1. The molecule has 1 aliphatic rings. The molecule has 1 fully saturated rings. The zero-order valence-corrected chi connectivity index (χ0v) is 16.5. The van der Waals surface area contributed by atoms with Crippen LogP contribution in [0.25, 0.3) is 0 Å². The Kier molecular flexibility index (Phi) is 6.01. The lowest BCUT2D eigenvalue weighted by Crippen LogP contribution is -2.44. The predicted octanol–water partition coefficient (Wildman–Crippen LogP) is 2.98. The molecule has 27 heavy (non-hydrogen) atoms. The van der Waals surface area contributed by atoms with Gasteiger partial charge in [-0.15, -0.1) is 0 Å². The first-order valence-electron chi connectivity index (χ1n) is 9.48. The summed E-state index contributed by atoms with van der Waals surface area (Å²) in [6.45, 7) is 3.25. The first kappa shape index (κ1) is 19.6. The molecule has 2 aromatic rings. The zero-order chi connectivity index (χ0) is 19.4. The number of primary sulfonamides is 1. The van der Waals surface area contributed by atoms with E-state index in [4.69, 9.17) is 5.14 Å². The van der Waals surface area contributed by atoms with E-state index in [2.05, 4.69) is 6.92 Å². The molecule has 146 valence electrons. The molecule has 1 unspecified atom stereocenters. The highest BCUT2D eigenvalue weighted by molar-refractivity contribution is 7.89. The number of hydrogen-bond donors (Lipinski definition) is 1. The van der Waals surface area contributed by atoms with Crippen LogP contribution in [0.4, 0.5) is 0 Å². The van der Waals surface area contributed by atoms with Crippen LogP contribution in [0, 0.1) is 0 Å². The molecule has 0 radical (unpaired) electrons. The second-order valence-electron chi connectivity index (χ2n) is 7.16. The summed E-state index contributed by atoms with van der Waals surface area (Å²) in [6.07, 6.45) is 6.56. The van der Waals surface area contributed by atoms with Crippen molar-refractivity contribution in [1.82, 2.24) is 9.47 Å². The smallest absolute Gasteiger partial charge is 0.270 e. The van der Waals surface area contributed by atoms with Gasteiger partial charge in [0.25, 0.3) is 5.91 Å². The van der Waals surface area contributed by atoms with Crippen LogP contribution in [-0.4, -0.2) is 36.4 Å². The van der Waals surface area contributed by atoms with Crippen molar-refractivity contribution in [2.45, 2.75) is 56.5 Å². The van der Waals surface area contributed by atoms with Crippen molar-refractivity contribution >= 4 is 15.9 Å². The highest BCUT2D eigenvalue weighted by atomic mass is 32.2. The average Bonchev–Trinajstić information content (AvgIpc) is 3.07. The van der Waals surface area contributed by atoms with Crippen molar-refractivity contribution in [3.05, 3.63) is 53.9 Å². The van der Waals surface area contributed by atoms with Gasteiger partial charge in [-0.25, -0.2) is 13.6 Å². The topological polar surface area (TPSA) is 85.4 Å². The number of piperidine rings is 1. The van der Waals surface area contributed by atoms with Crippen LogP contribution in [0.2, 0.25) is 0 Å². The molecule has 1 aliphatic heterocycles. The minimum Gasteiger partial charge on any atom is -0.338 e.